The van der Waals surface area contributed by atoms with Gasteiger partial charge in [0, 0.05) is 29.2 Å². The molecule has 0 aliphatic rings. The molecule has 1 N–H and O–H groups in total. The molecular weight excluding hydrogens is 405 g/mol. The quantitative estimate of drug-likeness (QED) is 0.417. The fourth-order valence-corrected chi connectivity index (χ4v) is 3.42. The number of benzene rings is 3. The smallest absolute Gasteiger partial charge is 0.163 e. The highest BCUT2D eigenvalue weighted by atomic mass is 35.5. The summed E-state index contributed by atoms with van der Waals surface area (Å²) in [5.41, 5.74) is 4.33. The van der Waals surface area contributed by atoms with Crippen molar-refractivity contribution in [3.63, 3.8) is 0 Å². The van der Waals surface area contributed by atoms with Crippen LogP contribution in [-0.4, -0.2) is 6.61 Å². The molecule has 0 aliphatic carbocycles. The van der Waals surface area contributed by atoms with Crippen LogP contribution >= 0.6 is 23.2 Å². The normalized spacial score (nSPS) is 10.8. The van der Waals surface area contributed by atoms with Gasteiger partial charge in [-0.2, -0.15) is 0 Å². The molecule has 5 heteroatoms. The minimum Gasteiger partial charge on any atom is -0.490 e. The molecule has 0 saturated heterocycles. The van der Waals surface area contributed by atoms with Crippen molar-refractivity contribution in [1.82, 2.24) is 5.32 Å². The van der Waals surface area contributed by atoms with E-state index in [-0.39, 0.29) is 0 Å². The third kappa shape index (κ3) is 5.89. The Labute approximate surface area is 182 Å². The first-order chi connectivity index (χ1) is 14.1. The number of hydrogen-bond acceptors (Lipinski definition) is 3. The van der Waals surface area contributed by atoms with E-state index in [9.17, 15) is 0 Å². The predicted molar refractivity (Wildman–Crippen MR) is 120 cm³/mol. The molecule has 29 heavy (non-hydrogen) atoms. The second-order valence-corrected chi connectivity index (χ2v) is 7.55. The fraction of sp³-hybridized carbons (Fsp3) is 0.250. The van der Waals surface area contributed by atoms with Gasteiger partial charge < -0.3 is 14.8 Å². The maximum Gasteiger partial charge on any atom is 0.163 e. The molecule has 0 spiro atoms. The van der Waals surface area contributed by atoms with Crippen LogP contribution in [0.3, 0.4) is 0 Å². The number of halogens is 2. The van der Waals surface area contributed by atoms with Gasteiger partial charge in [0.25, 0.3) is 0 Å². The molecule has 3 nitrogen and oxygen atoms in total. The molecule has 0 atom stereocenters. The van der Waals surface area contributed by atoms with E-state index in [0.717, 1.165) is 21.7 Å². The van der Waals surface area contributed by atoms with Crippen LogP contribution in [0.25, 0.3) is 0 Å². The maximum atomic E-state index is 6.53. The van der Waals surface area contributed by atoms with Gasteiger partial charge in [0.15, 0.2) is 11.5 Å². The van der Waals surface area contributed by atoms with Crippen LogP contribution in [0.15, 0.2) is 60.7 Å². The average molecular weight is 430 g/mol. The molecule has 3 aromatic carbocycles. The summed E-state index contributed by atoms with van der Waals surface area (Å²) >= 11 is 12.7. The maximum absolute atomic E-state index is 6.53. The third-order valence-electron chi connectivity index (χ3n) is 4.65. The predicted octanol–water partition coefficient (Wildman–Crippen LogP) is 6.57. The molecule has 0 saturated carbocycles. The van der Waals surface area contributed by atoms with Crippen LogP contribution in [0.1, 0.15) is 29.2 Å². The number of rotatable bonds is 9. The zero-order chi connectivity index (χ0) is 20.6. The van der Waals surface area contributed by atoms with Gasteiger partial charge in [-0.25, -0.2) is 0 Å². The standard InChI is InChI=1S/C24H25Cl2NO2/c1-3-28-23-12-20(15-27-14-18-9-6-7-11-21(18)25)22(26)13-24(23)29-16-19-10-5-4-8-17(19)2/h4-13,27H,3,14-16H2,1-2H3. The summed E-state index contributed by atoms with van der Waals surface area (Å²) in [6.45, 7) is 6.30. The molecule has 0 fully saturated rings. The van der Waals surface area contributed by atoms with E-state index < -0.39 is 0 Å². The Bertz CT molecular complexity index is 959. The minimum atomic E-state index is 0.465. The SMILES string of the molecule is CCOc1cc(CNCc2ccccc2Cl)c(Cl)cc1OCc1ccccc1C. The summed E-state index contributed by atoms with van der Waals surface area (Å²) in [6.07, 6.45) is 0. The van der Waals surface area contributed by atoms with E-state index in [1.54, 1.807) is 0 Å². The van der Waals surface area contributed by atoms with E-state index in [4.69, 9.17) is 32.7 Å². The number of ether oxygens (including phenoxy) is 2. The molecule has 0 heterocycles. The third-order valence-corrected chi connectivity index (χ3v) is 5.37. The lowest BCUT2D eigenvalue weighted by Gasteiger charge is -2.16. The Kier molecular flexibility index (Phi) is 7.82. The van der Waals surface area contributed by atoms with E-state index in [0.29, 0.717) is 42.8 Å². The Morgan fingerprint density at radius 2 is 1.41 bits per heavy atom. The fourth-order valence-electron chi connectivity index (χ4n) is 2.99. The molecule has 0 unspecified atom stereocenters. The van der Waals surface area contributed by atoms with E-state index in [1.807, 2.05) is 55.5 Å². The van der Waals surface area contributed by atoms with Gasteiger partial charge >= 0.3 is 0 Å². The summed E-state index contributed by atoms with van der Waals surface area (Å²) in [4.78, 5) is 0. The second kappa shape index (κ2) is 10.5. The lowest BCUT2D eigenvalue weighted by molar-refractivity contribution is 0.268. The lowest BCUT2D eigenvalue weighted by Crippen LogP contribution is -2.13. The van der Waals surface area contributed by atoms with Gasteiger partial charge in [0.05, 0.1) is 6.61 Å². The van der Waals surface area contributed by atoms with Crippen molar-refractivity contribution in [2.24, 2.45) is 0 Å². The average Bonchev–Trinajstić information content (AvgIpc) is 2.71. The van der Waals surface area contributed by atoms with Gasteiger partial charge in [-0.1, -0.05) is 65.7 Å². The minimum absolute atomic E-state index is 0.465. The van der Waals surface area contributed by atoms with E-state index in [1.165, 1.54) is 5.56 Å². The lowest BCUT2D eigenvalue weighted by atomic mass is 10.1. The van der Waals surface area contributed by atoms with Crippen molar-refractivity contribution in [1.29, 1.82) is 0 Å². The zero-order valence-corrected chi connectivity index (χ0v) is 18.2. The van der Waals surface area contributed by atoms with Crippen LogP contribution in [0.4, 0.5) is 0 Å². The number of nitrogens with one attached hydrogen (secondary N) is 1. The first-order valence-electron chi connectivity index (χ1n) is 9.65. The molecule has 152 valence electrons. The first-order valence-corrected chi connectivity index (χ1v) is 10.4. The highest BCUT2D eigenvalue weighted by Crippen LogP contribution is 2.34. The van der Waals surface area contributed by atoms with Crippen molar-refractivity contribution >= 4 is 23.2 Å². The summed E-state index contributed by atoms with van der Waals surface area (Å²) in [5, 5.41) is 4.78. The van der Waals surface area contributed by atoms with Crippen molar-refractivity contribution in [3.8, 4) is 11.5 Å². The molecule has 0 amide bonds. The Balaban J connectivity index is 1.70. The van der Waals surface area contributed by atoms with Crippen LogP contribution in [0, 0.1) is 6.92 Å². The second-order valence-electron chi connectivity index (χ2n) is 6.73. The summed E-state index contributed by atoms with van der Waals surface area (Å²) < 4.78 is 11.8. The van der Waals surface area contributed by atoms with Gasteiger partial charge in [-0.05, 0) is 48.2 Å². The molecule has 3 rings (SSSR count). The van der Waals surface area contributed by atoms with E-state index in [2.05, 4.69) is 24.4 Å². The Morgan fingerprint density at radius 3 is 2.14 bits per heavy atom. The number of hydrogen-bond donors (Lipinski definition) is 1. The van der Waals surface area contributed by atoms with Gasteiger partial charge in [-0.15, -0.1) is 0 Å². The van der Waals surface area contributed by atoms with Gasteiger partial charge in [-0.3, -0.25) is 0 Å². The van der Waals surface area contributed by atoms with Crippen LogP contribution in [-0.2, 0) is 19.7 Å². The van der Waals surface area contributed by atoms with Crippen molar-refractivity contribution in [2.75, 3.05) is 6.61 Å². The van der Waals surface area contributed by atoms with Crippen molar-refractivity contribution in [2.45, 2.75) is 33.5 Å². The molecule has 0 radical (unpaired) electrons. The monoisotopic (exact) mass is 429 g/mol. The molecule has 0 aliphatic heterocycles. The van der Waals surface area contributed by atoms with Crippen molar-refractivity contribution < 1.29 is 9.47 Å². The Morgan fingerprint density at radius 1 is 0.759 bits per heavy atom. The molecule has 0 bridgehead atoms. The van der Waals surface area contributed by atoms with Crippen LogP contribution in [0.5, 0.6) is 11.5 Å². The molecule has 0 aromatic heterocycles. The van der Waals surface area contributed by atoms with E-state index >= 15 is 0 Å². The summed E-state index contributed by atoms with van der Waals surface area (Å²) in [6, 6.07) is 19.7. The highest BCUT2D eigenvalue weighted by Gasteiger charge is 2.12. The number of aryl methyl sites for hydroxylation is 1. The van der Waals surface area contributed by atoms with Gasteiger partial charge in [0.2, 0.25) is 0 Å². The summed E-state index contributed by atoms with van der Waals surface area (Å²) in [7, 11) is 0. The molecular formula is C24H25Cl2NO2. The van der Waals surface area contributed by atoms with Crippen molar-refractivity contribution in [3.05, 3.63) is 93.0 Å². The summed E-state index contributed by atoms with van der Waals surface area (Å²) in [5.74, 6) is 1.34. The first kappa shape index (κ1) is 21.5. The zero-order valence-electron chi connectivity index (χ0n) is 16.7. The van der Waals surface area contributed by atoms with Gasteiger partial charge in [0.1, 0.15) is 6.61 Å². The molecule has 3 aromatic rings. The van der Waals surface area contributed by atoms with Crippen LogP contribution in [0.2, 0.25) is 10.0 Å². The topological polar surface area (TPSA) is 30.5 Å². The van der Waals surface area contributed by atoms with Crippen LogP contribution < -0.4 is 14.8 Å². The highest BCUT2D eigenvalue weighted by molar-refractivity contribution is 6.31. The largest absolute Gasteiger partial charge is 0.490 e. The Hall–Kier alpha value is -2.20.